The van der Waals surface area contributed by atoms with Gasteiger partial charge in [0.25, 0.3) is 5.91 Å². The zero-order valence-corrected chi connectivity index (χ0v) is 13.9. The van der Waals surface area contributed by atoms with E-state index in [1.807, 2.05) is 5.38 Å². The first-order valence-corrected chi connectivity index (χ1v) is 8.74. The van der Waals surface area contributed by atoms with Gasteiger partial charge in [0.05, 0.1) is 12.0 Å². The van der Waals surface area contributed by atoms with Crippen LogP contribution in [0.25, 0.3) is 0 Å². The number of benzene rings is 1. The van der Waals surface area contributed by atoms with Crippen LogP contribution in [0.15, 0.2) is 52.5 Å². The summed E-state index contributed by atoms with van der Waals surface area (Å²) in [7, 11) is 0. The number of hydrogen-bond donors (Lipinski definition) is 1. The summed E-state index contributed by atoms with van der Waals surface area (Å²) < 4.78 is 5.09. The maximum Gasteiger partial charge on any atom is 0.293 e. The first-order valence-electron chi connectivity index (χ1n) is 7.86. The van der Waals surface area contributed by atoms with Crippen LogP contribution in [0.1, 0.15) is 27.4 Å². The van der Waals surface area contributed by atoms with Crippen molar-refractivity contribution in [2.75, 3.05) is 11.9 Å². The lowest BCUT2D eigenvalue weighted by Crippen LogP contribution is -2.30. The number of amides is 1. The summed E-state index contributed by atoms with van der Waals surface area (Å²) >= 11 is 1.44. The van der Waals surface area contributed by atoms with Crippen LogP contribution in [0, 0.1) is 0 Å². The topological polar surface area (TPSA) is 58.4 Å². The second-order valence-electron chi connectivity index (χ2n) is 5.80. The number of anilines is 1. The third-order valence-electron chi connectivity index (χ3n) is 4.11. The number of hydrogen-bond acceptors (Lipinski definition) is 5. The maximum absolute atomic E-state index is 12.0. The summed E-state index contributed by atoms with van der Waals surface area (Å²) in [5.41, 5.74) is 3.82. The van der Waals surface area contributed by atoms with Crippen LogP contribution < -0.4 is 5.32 Å². The zero-order valence-electron chi connectivity index (χ0n) is 13.1. The Kier molecular flexibility index (Phi) is 4.15. The number of carbonyl (C=O) groups excluding carboxylic acids is 1. The maximum atomic E-state index is 12.0. The molecule has 5 nitrogen and oxygen atoms in total. The van der Waals surface area contributed by atoms with Crippen molar-refractivity contribution in [3.05, 3.63) is 70.6 Å². The zero-order chi connectivity index (χ0) is 16.4. The molecular formula is C18H17N3O2S. The van der Waals surface area contributed by atoms with Crippen molar-refractivity contribution in [1.29, 1.82) is 0 Å². The Morgan fingerprint density at radius 1 is 1.25 bits per heavy atom. The van der Waals surface area contributed by atoms with Gasteiger partial charge in [-0.2, -0.15) is 0 Å². The summed E-state index contributed by atoms with van der Waals surface area (Å²) in [5.74, 6) is 0.0205. The second-order valence-corrected chi connectivity index (χ2v) is 6.66. The fraction of sp³-hybridized carbons (Fsp3) is 0.222. The average molecular weight is 339 g/mol. The van der Waals surface area contributed by atoms with Gasteiger partial charge in [-0.15, -0.1) is 11.3 Å². The molecule has 0 aliphatic carbocycles. The highest BCUT2D eigenvalue weighted by atomic mass is 32.1. The predicted molar refractivity (Wildman–Crippen MR) is 93.0 cm³/mol. The fourth-order valence-corrected chi connectivity index (χ4v) is 3.62. The van der Waals surface area contributed by atoms with E-state index in [1.165, 1.54) is 28.7 Å². The summed E-state index contributed by atoms with van der Waals surface area (Å²) in [6.45, 7) is 2.77. The molecule has 0 saturated carbocycles. The van der Waals surface area contributed by atoms with Crippen LogP contribution in [-0.4, -0.2) is 22.3 Å². The molecule has 1 amide bonds. The van der Waals surface area contributed by atoms with Gasteiger partial charge >= 0.3 is 0 Å². The van der Waals surface area contributed by atoms with Gasteiger partial charge in [-0.25, -0.2) is 4.98 Å². The van der Waals surface area contributed by atoms with Crippen molar-refractivity contribution in [3.63, 3.8) is 0 Å². The Hall–Kier alpha value is -2.44. The van der Waals surface area contributed by atoms with E-state index < -0.39 is 0 Å². The number of aromatic nitrogens is 1. The fourth-order valence-electron chi connectivity index (χ4n) is 2.92. The number of thiazole rings is 1. The van der Waals surface area contributed by atoms with Gasteiger partial charge < -0.3 is 4.42 Å². The van der Waals surface area contributed by atoms with Crippen LogP contribution in [0.5, 0.6) is 0 Å². The van der Waals surface area contributed by atoms with Gasteiger partial charge in [0, 0.05) is 25.0 Å². The van der Waals surface area contributed by atoms with Crippen molar-refractivity contribution in [2.45, 2.75) is 19.5 Å². The Morgan fingerprint density at radius 3 is 2.96 bits per heavy atom. The highest BCUT2D eigenvalue weighted by molar-refractivity contribution is 7.13. The van der Waals surface area contributed by atoms with Gasteiger partial charge in [0.1, 0.15) is 0 Å². The molecule has 0 fully saturated rings. The van der Waals surface area contributed by atoms with E-state index in [-0.39, 0.29) is 5.91 Å². The lowest BCUT2D eigenvalue weighted by atomic mass is 10.00. The summed E-state index contributed by atoms with van der Waals surface area (Å²) in [6.07, 6.45) is 2.55. The lowest BCUT2D eigenvalue weighted by molar-refractivity contribution is 0.0996. The molecule has 1 N–H and O–H groups in total. The van der Waals surface area contributed by atoms with Gasteiger partial charge in [-0.05, 0) is 29.7 Å². The van der Waals surface area contributed by atoms with Crippen LogP contribution in [0.2, 0.25) is 0 Å². The van der Waals surface area contributed by atoms with Crippen molar-refractivity contribution < 1.29 is 9.21 Å². The summed E-state index contributed by atoms with van der Waals surface area (Å²) in [6, 6.07) is 11.9. The number of furan rings is 1. The minimum Gasteiger partial charge on any atom is -0.459 e. The second kappa shape index (κ2) is 6.59. The minimum atomic E-state index is -0.271. The Bertz CT molecular complexity index is 842. The molecule has 0 bridgehead atoms. The molecule has 0 radical (unpaired) electrons. The molecule has 24 heavy (non-hydrogen) atoms. The highest BCUT2D eigenvalue weighted by Crippen LogP contribution is 2.22. The lowest BCUT2D eigenvalue weighted by Gasteiger charge is -2.27. The monoisotopic (exact) mass is 339 g/mol. The molecule has 0 unspecified atom stereocenters. The third kappa shape index (κ3) is 3.25. The normalized spacial score (nSPS) is 14.3. The molecule has 0 saturated heterocycles. The van der Waals surface area contributed by atoms with E-state index in [2.05, 4.69) is 39.5 Å². The molecule has 2 aromatic heterocycles. The highest BCUT2D eigenvalue weighted by Gasteiger charge is 2.17. The Morgan fingerprint density at radius 2 is 2.12 bits per heavy atom. The van der Waals surface area contributed by atoms with Gasteiger partial charge in [-0.3, -0.25) is 15.0 Å². The number of carbonyl (C=O) groups is 1. The van der Waals surface area contributed by atoms with E-state index >= 15 is 0 Å². The molecular weight excluding hydrogens is 322 g/mol. The molecule has 1 aromatic carbocycles. The summed E-state index contributed by atoms with van der Waals surface area (Å²) in [5, 5.41) is 5.37. The van der Waals surface area contributed by atoms with Crippen molar-refractivity contribution >= 4 is 22.4 Å². The average Bonchev–Trinajstić information content (AvgIpc) is 3.27. The van der Waals surface area contributed by atoms with Gasteiger partial charge in [0.2, 0.25) is 0 Å². The first-order chi connectivity index (χ1) is 11.8. The van der Waals surface area contributed by atoms with Crippen LogP contribution >= 0.6 is 11.3 Å². The Labute approximate surface area is 143 Å². The number of fused-ring (bicyclic) bond motifs is 1. The van der Waals surface area contributed by atoms with Crippen molar-refractivity contribution in [2.24, 2.45) is 0 Å². The molecule has 3 heterocycles. The van der Waals surface area contributed by atoms with E-state index in [1.54, 1.807) is 12.1 Å². The molecule has 6 heteroatoms. The predicted octanol–water partition coefficient (Wildman–Crippen LogP) is 3.55. The van der Waals surface area contributed by atoms with E-state index in [4.69, 9.17) is 4.42 Å². The molecule has 1 aliphatic heterocycles. The van der Waals surface area contributed by atoms with Crippen molar-refractivity contribution in [1.82, 2.24) is 9.88 Å². The quantitative estimate of drug-likeness (QED) is 0.790. The third-order valence-corrected chi connectivity index (χ3v) is 4.92. The smallest absolute Gasteiger partial charge is 0.293 e. The first kappa shape index (κ1) is 15.1. The van der Waals surface area contributed by atoms with E-state index in [0.717, 1.165) is 31.7 Å². The molecule has 4 rings (SSSR count). The molecule has 122 valence electrons. The van der Waals surface area contributed by atoms with Crippen LogP contribution in [0.4, 0.5) is 5.13 Å². The largest absolute Gasteiger partial charge is 0.459 e. The Balaban J connectivity index is 1.38. The van der Waals surface area contributed by atoms with Gasteiger partial charge in [-0.1, -0.05) is 24.3 Å². The number of nitrogens with one attached hydrogen (secondary N) is 1. The van der Waals surface area contributed by atoms with Crippen molar-refractivity contribution in [3.8, 4) is 0 Å². The standard InChI is InChI=1S/C18H17N3O2S/c22-17(16-6-3-9-23-16)20-18-19-15(12-24-18)11-21-8-7-13-4-1-2-5-14(13)10-21/h1-6,9,12H,7-8,10-11H2,(H,19,20,22). The molecule has 3 aromatic rings. The number of nitrogens with zero attached hydrogens (tertiary/aromatic N) is 2. The van der Waals surface area contributed by atoms with Crippen LogP contribution in [-0.2, 0) is 19.5 Å². The van der Waals surface area contributed by atoms with Crippen LogP contribution in [0.3, 0.4) is 0 Å². The number of rotatable bonds is 4. The summed E-state index contributed by atoms with van der Waals surface area (Å²) in [4.78, 5) is 18.9. The molecule has 1 aliphatic rings. The van der Waals surface area contributed by atoms with E-state index in [0.29, 0.717) is 10.9 Å². The SMILES string of the molecule is O=C(Nc1nc(CN2CCc3ccccc3C2)cs1)c1ccco1. The van der Waals surface area contributed by atoms with E-state index in [9.17, 15) is 4.79 Å². The molecule has 0 spiro atoms. The van der Waals surface area contributed by atoms with Gasteiger partial charge in [0.15, 0.2) is 10.9 Å². The minimum absolute atomic E-state index is 0.271. The molecule has 0 atom stereocenters.